The van der Waals surface area contributed by atoms with Gasteiger partial charge >= 0.3 is 0 Å². The summed E-state index contributed by atoms with van der Waals surface area (Å²) in [4.78, 5) is 17.1. The highest BCUT2D eigenvalue weighted by molar-refractivity contribution is 5.81. The molecule has 0 aromatic heterocycles. The lowest BCUT2D eigenvalue weighted by molar-refractivity contribution is -0.126. The van der Waals surface area contributed by atoms with Crippen molar-refractivity contribution in [3.63, 3.8) is 0 Å². The fraction of sp³-hybridized carbons (Fsp3) is 0.650. The number of anilines is 1. The Bertz CT molecular complexity index is 547. The van der Waals surface area contributed by atoms with Gasteiger partial charge in [0.25, 0.3) is 0 Å². The molecule has 1 aromatic carbocycles. The summed E-state index contributed by atoms with van der Waals surface area (Å²) < 4.78 is 0. The van der Waals surface area contributed by atoms with E-state index < -0.39 is 0 Å². The van der Waals surface area contributed by atoms with E-state index in [4.69, 9.17) is 0 Å². The Hall–Kier alpha value is -1.75. The van der Waals surface area contributed by atoms with Crippen LogP contribution >= 0.6 is 0 Å². The van der Waals surface area contributed by atoms with Gasteiger partial charge in [-0.15, -0.1) is 0 Å². The van der Waals surface area contributed by atoms with E-state index >= 15 is 0 Å². The van der Waals surface area contributed by atoms with E-state index in [-0.39, 0.29) is 11.9 Å². The summed E-state index contributed by atoms with van der Waals surface area (Å²) in [5.41, 5.74) is 1.13. The lowest BCUT2D eigenvalue weighted by Crippen LogP contribution is -2.54. The smallest absolute Gasteiger partial charge is 0.237 e. The molecule has 1 amide bonds. The number of carbonyl (C=O) groups is 1. The second-order valence-corrected chi connectivity index (χ2v) is 7.46. The number of amides is 1. The van der Waals surface area contributed by atoms with Crippen LogP contribution in [0.25, 0.3) is 0 Å². The molecule has 1 saturated carbocycles. The maximum absolute atomic E-state index is 12.5. The van der Waals surface area contributed by atoms with Gasteiger partial charge in [-0.3, -0.25) is 9.69 Å². The SMILES string of the molecule is CC(C(=O)NCC1CCCCC1)N1CCN(c2ccc(O)cc2)CC1. The molecular formula is C20H31N3O2. The number of phenols is 1. The molecule has 2 aliphatic rings. The summed E-state index contributed by atoms with van der Waals surface area (Å²) in [6.45, 7) is 6.46. The van der Waals surface area contributed by atoms with Gasteiger partial charge in [0.05, 0.1) is 6.04 Å². The number of phenolic OH excluding ortho intramolecular Hbond substituents is 1. The maximum Gasteiger partial charge on any atom is 0.237 e. The van der Waals surface area contributed by atoms with E-state index in [0.717, 1.165) is 38.4 Å². The van der Waals surface area contributed by atoms with E-state index in [1.807, 2.05) is 19.1 Å². The van der Waals surface area contributed by atoms with Gasteiger partial charge in [0, 0.05) is 38.4 Å². The molecule has 1 aliphatic carbocycles. The number of hydrogen-bond acceptors (Lipinski definition) is 4. The molecule has 0 spiro atoms. The number of aromatic hydroxyl groups is 1. The van der Waals surface area contributed by atoms with Crippen molar-refractivity contribution >= 4 is 11.6 Å². The van der Waals surface area contributed by atoms with Gasteiger partial charge in [-0.05, 0) is 49.9 Å². The molecule has 1 aromatic rings. The van der Waals surface area contributed by atoms with Crippen molar-refractivity contribution in [2.24, 2.45) is 5.92 Å². The molecule has 138 valence electrons. The first-order valence-electron chi connectivity index (χ1n) is 9.69. The first-order chi connectivity index (χ1) is 12.1. The summed E-state index contributed by atoms with van der Waals surface area (Å²) in [5, 5.41) is 12.6. The third-order valence-corrected chi connectivity index (χ3v) is 5.75. The van der Waals surface area contributed by atoms with Gasteiger partial charge in [0.1, 0.15) is 5.75 Å². The van der Waals surface area contributed by atoms with Gasteiger partial charge in [0.2, 0.25) is 5.91 Å². The Kier molecular flexibility index (Phi) is 6.19. The molecule has 5 nitrogen and oxygen atoms in total. The Balaban J connectivity index is 1.43. The standard InChI is InChI=1S/C20H31N3O2/c1-16(20(25)21-15-17-5-3-2-4-6-17)22-11-13-23(14-12-22)18-7-9-19(24)10-8-18/h7-10,16-17,24H,2-6,11-15H2,1H3,(H,21,25). The van der Waals surface area contributed by atoms with Crippen molar-refractivity contribution < 1.29 is 9.90 Å². The largest absolute Gasteiger partial charge is 0.508 e. The lowest BCUT2D eigenvalue weighted by Gasteiger charge is -2.38. The van der Waals surface area contributed by atoms with Crippen LogP contribution in [0, 0.1) is 5.92 Å². The van der Waals surface area contributed by atoms with Crippen LogP contribution < -0.4 is 10.2 Å². The van der Waals surface area contributed by atoms with Crippen molar-refractivity contribution in [2.75, 3.05) is 37.6 Å². The quantitative estimate of drug-likeness (QED) is 0.861. The monoisotopic (exact) mass is 345 g/mol. The predicted octanol–water partition coefficient (Wildman–Crippen LogP) is 2.60. The fourth-order valence-electron chi connectivity index (χ4n) is 3.98. The van der Waals surface area contributed by atoms with Crippen LogP contribution in [0.5, 0.6) is 5.75 Å². The van der Waals surface area contributed by atoms with Gasteiger partial charge in [-0.1, -0.05) is 19.3 Å². The summed E-state index contributed by atoms with van der Waals surface area (Å²) in [5.74, 6) is 1.14. The molecular weight excluding hydrogens is 314 g/mol. The van der Waals surface area contributed by atoms with Crippen LogP contribution in [0.15, 0.2) is 24.3 Å². The van der Waals surface area contributed by atoms with Crippen molar-refractivity contribution in [1.29, 1.82) is 0 Å². The summed E-state index contributed by atoms with van der Waals surface area (Å²) in [7, 11) is 0. The highest BCUT2D eigenvalue weighted by Gasteiger charge is 2.26. The molecule has 2 fully saturated rings. The summed E-state index contributed by atoms with van der Waals surface area (Å²) in [6.07, 6.45) is 6.51. The van der Waals surface area contributed by atoms with Crippen molar-refractivity contribution in [2.45, 2.75) is 45.1 Å². The van der Waals surface area contributed by atoms with E-state index in [1.54, 1.807) is 12.1 Å². The van der Waals surface area contributed by atoms with Crippen molar-refractivity contribution in [1.82, 2.24) is 10.2 Å². The van der Waals surface area contributed by atoms with E-state index in [0.29, 0.717) is 11.7 Å². The zero-order valence-corrected chi connectivity index (χ0v) is 15.3. The number of hydrogen-bond donors (Lipinski definition) is 2. The molecule has 0 radical (unpaired) electrons. The zero-order valence-electron chi connectivity index (χ0n) is 15.3. The highest BCUT2D eigenvalue weighted by atomic mass is 16.3. The first kappa shape index (κ1) is 18.1. The Morgan fingerprint density at radius 2 is 1.76 bits per heavy atom. The zero-order chi connectivity index (χ0) is 17.6. The molecule has 1 heterocycles. The van der Waals surface area contributed by atoms with Crippen molar-refractivity contribution in [3.05, 3.63) is 24.3 Å². The van der Waals surface area contributed by atoms with Gasteiger partial charge < -0.3 is 15.3 Å². The normalized spacial score (nSPS) is 21.1. The molecule has 25 heavy (non-hydrogen) atoms. The number of carbonyl (C=O) groups excluding carboxylic acids is 1. The average molecular weight is 345 g/mol. The Labute approximate surface area is 151 Å². The van der Waals surface area contributed by atoms with E-state index in [9.17, 15) is 9.90 Å². The summed E-state index contributed by atoms with van der Waals surface area (Å²) in [6, 6.07) is 7.29. The number of rotatable bonds is 5. The van der Waals surface area contributed by atoms with Crippen molar-refractivity contribution in [3.8, 4) is 5.75 Å². The van der Waals surface area contributed by atoms with Gasteiger partial charge in [-0.25, -0.2) is 0 Å². The first-order valence-corrected chi connectivity index (χ1v) is 9.69. The Morgan fingerprint density at radius 1 is 1.12 bits per heavy atom. The topological polar surface area (TPSA) is 55.8 Å². The van der Waals surface area contributed by atoms with Crippen LogP contribution in [0.3, 0.4) is 0 Å². The molecule has 1 aliphatic heterocycles. The minimum absolute atomic E-state index is 0.0643. The number of piperazine rings is 1. The van der Waals surface area contributed by atoms with Crippen LogP contribution in [-0.2, 0) is 4.79 Å². The third kappa shape index (κ3) is 4.88. The average Bonchev–Trinajstić information content (AvgIpc) is 2.67. The van der Waals surface area contributed by atoms with Crippen LogP contribution in [0.4, 0.5) is 5.69 Å². The number of nitrogens with zero attached hydrogens (tertiary/aromatic N) is 2. The summed E-state index contributed by atoms with van der Waals surface area (Å²) >= 11 is 0. The van der Waals surface area contributed by atoms with Crippen LogP contribution in [0.2, 0.25) is 0 Å². The molecule has 3 rings (SSSR count). The molecule has 1 saturated heterocycles. The number of benzene rings is 1. The maximum atomic E-state index is 12.5. The van der Waals surface area contributed by atoms with Crippen LogP contribution in [0.1, 0.15) is 39.0 Å². The molecule has 2 N–H and O–H groups in total. The fourth-order valence-corrected chi connectivity index (χ4v) is 3.98. The molecule has 0 bridgehead atoms. The Morgan fingerprint density at radius 3 is 2.40 bits per heavy atom. The van der Waals surface area contributed by atoms with Gasteiger partial charge in [0.15, 0.2) is 0 Å². The second kappa shape index (κ2) is 8.56. The molecule has 1 unspecified atom stereocenters. The minimum atomic E-state index is -0.0643. The third-order valence-electron chi connectivity index (χ3n) is 5.75. The minimum Gasteiger partial charge on any atom is -0.508 e. The number of nitrogens with one attached hydrogen (secondary N) is 1. The molecule has 1 atom stereocenters. The van der Waals surface area contributed by atoms with E-state index in [2.05, 4.69) is 15.1 Å². The predicted molar refractivity (Wildman–Crippen MR) is 101 cm³/mol. The van der Waals surface area contributed by atoms with Gasteiger partial charge in [-0.2, -0.15) is 0 Å². The highest BCUT2D eigenvalue weighted by Crippen LogP contribution is 2.23. The van der Waals surface area contributed by atoms with Crippen LogP contribution in [-0.4, -0.2) is 54.7 Å². The second-order valence-electron chi connectivity index (χ2n) is 7.46. The lowest BCUT2D eigenvalue weighted by atomic mass is 9.89. The molecule has 5 heteroatoms. The van der Waals surface area contributed by atoms with E-state index in [1.165, 1.54) is 32.1 Å².